The second-order valence-electron chi connectivity index (χ2n) is 8.68. The average Bonchev–Trinajstić information content (AvgIpc) is 2.86. The van der Waals surface area contributed by atoms with Gasteiger partial charge >= 0.3 is 5.97 Å². The number of hydrogen-bond acceptors (Lipinski definition) is 3. The fourth-order valence-electron chi connectivity index (χ4n) is 3.52. The summed E-state index contributed by atoms with van der Waals surface area (Å²) in [6.45, 7) is 14.4. The van der Waals surface area contributed by atoms with Crippen LogP contribution in [-0.2, 0) is 4.79 Å². The first-order valence-electron chi connectivity index (χ1n) is 7.90. The summed E-state index contributed by atoms with van der Waals surface area (Å²) < 4.78 is 5.69. The van der Waals surface area contributed by atoms with E-state index in [-0.39, 0.29) is 22.5 Å². The predicted octanol–water partition coefficient (Wildman–Crippen LogP) is 4.77. The minimum atomic E-state index is -0.398. The first-order chi connectivity index (χ1) is 9.88. The highest BCUT2D eigenvalue weighted by molar-refractivity contribution is 5.84. The molecule has 1 fully saturated rings. The zero-order valence-electron chi connectivity index (χ0n) is 14.8. The van der Waals surface area contributed by atoms with Gasteiger partial charge in [-0.3, -0.25) is 4.79 Å². The smallest absolute Gasteiger partial charge is 0.318 e. The minimum Gasteiger partial charge on any atom is -0.507 e. The number of aromatic hydroxyl groups is 1. The summed E-state index contributed by atoms with van der Waals surface area (Å²) >= 11 is 0. The maximum Gasteiger partial charge on any atom is 0.318 e. The Morgan fingerprint density at radius 1 is 1.23 bits per heavy atom. The maximum absolute atomic E-state index is 12.8. The number of carbonyl (C=O) groups excluding carboxylic acids is 1. The molecule has 22 heavy (non-hydrogen) atoms. The lowest BCUT2D eigenvalue weighted by atomic mass is 9.79. The van der Waals surface area contributed by atoms with Crippen LogP contribution in [0.4, 0.5) is 0 Å². The van der Waals surface area contributed by atoms with Gasteiger partial charge in [-0.05, 0) is 60.8 Å². The minimum absolute atomic E-state index is 0.0155. The molecule has 1 saturated carbocycles. The Balaban J connectivity index is 2.24. The van der Waals surface area contributed by atoms with Gasteiger partial charge in [0.15, 0.2) is 0 Å². The van der Waals surface area contributed by atoms with Crippen molar-refractivity contribution in [3.8, 4) is 11.5 Å². The van der Waals surface area contributed by atoms with Crippen molar-refractivity contribution in [1.29, 1.82) is 0 Å². The van der Waals surface area contributed by atoms with Gasteiger partial charge in [-0.2, -0.15) is 0 Å². The predicted molar refractivity (Wildman–Crippen MR) is 88.1 cm³/mol. The molecule has 3 nitrogen and oxygen atoms in total. The molecule has 122 valence electrons. The van der Waals surface area contributed by atoms with Gasteiger partial charge in [0.05, 0.1) is 5.41 Å². The van der Waals surface area contributed by atoms with E-state index in [1.807, 2.05) is 13.8 Å². The lowest BCUT2D eigenvalue weighted by Crippen LogP contribution is -2.30. The third kappa shape index (κ3) is 2.99. The largest absolute Gasteiger partial charge is 0.507 e. The summed E-state index contributed by atoms with van der Waals surface area (Å²) in [5.74, 6) is 0.640. The highest BCUT2D eigenvalue weighted by atomic mass is 16.5. The Labute approximate surface area is 133 Å². The SMILES string of the molecule is Cc1cc(OC(=O)C2(CC(C)(C)C)CC2(C)C)cc(C)c1O. The van der Waals surface area contributed by atoms with Crippen LogP contribution in [0, 0.1) is 30.1 Å². The molecule has 1 atom stereocenters. The fraction of sp³-hybridized carbons (Fsp3) is 0.632. The Kier molecular flexibility index (Phi) is 3.83. The molecule has 1 aromatic carbocycles. The molecule has 1 unspecified atom stereocenters. The quantitative estimate of drug-likeness (QED) is 0.646. The molecular weight excluding hydrogens is 276 g/mol. The number of aryl methyl sites for hydroxylation is 2. The molecular formula is C19H28O3. The van der Waals surface area contributed by atoms with Crippen molar-refractivity contribution in [3.63, 3.8) is 0 Å². The molecule has 0 spiro atoms. The van der Waals surface area contributed by atoms with Gasteiger partial charge < -0.3 is 9.84 Å². The van der Waals surface area contributed by atoms with E-state index in [1.165, 1.54) is 0 Å². The van der Waals surface area contributed by atoms with Crippen LogP contribution in [0.25, 0.3) is 0 Å². The lowest BCUT2D eigenvalue weighted by Gasteiger charge is -2.27. The van der Waals surface area contributed by atoms with E-state index in [0.29, 0.717) is 5.75 Å². The molecule has 0 saturated heterocycles. The van der Waals surface area contributed by atoms with Crippen LogP contribution in [0.15, 0.2) is 12.1 Å². The van der Waals surface area contributed by atoms with Crippen molar-refractivity contribution < 1.29 is 14.6 Å². The molecule has 0 aliphatic heterocycles. The Bertz CT molecular complexity index is 585. The molecule has 0 aromatic heterocycles. The monoisotopic (exact) mass is 304 g/mol. The van der Waals surface area contributed by atoms with Crippen molar-refractivity contribution in [2.24, 2.45) is 16.2 Å². The average molecular weight is 304 g/mol. The molecule has 0 amide bonds. The molecule has 0 bridgehead atoms. The van der Waals surface area contributed by atoms with Gasteiger partial charge in [0.2, 0.25) is 0 Å². The standard InChI is InChI=1S/C19H28O3/c1-12-8-14(9-13(2)15(12)20)22-16(21)19(10-17(3,4)5)11-18(19,6)7/h8-9,20H,10-11H2,1-7H3. The summed E-state index contributed by atoms with van der Waals surface area (Å²) in [5, 5.41) is 9.83. The zero-order valence-corrected chi connectivity index (χ0v) is 14.8. The molecule has 2 rings (SSSR count). The van der Waals surface area contributed by atoms with E-state index in [4.69, 9.17) is 4.74 Å². The first kappa shape index (κ1) is 16.9. The molecule has 0 radical (unpaired) electrons. The lowest BCUT2D eigenvalue weighted by molar-refractivity contribution is -0.143. The van der Waals surface area contributed by atoms with Gasteiger partial charge in [0, 0.05) is 0 Å². The summed E-state index contributed by atoms with van der Waals surface area (Å²) in [7, 11) is 0. The van der Waals surface area contributed by atoms with Crippen molar-refractivity contribution >= 4 is 5.97 Å². The van der Waals surface area contributed by atoms with E-state index in [2.05, 4.69) is 34.6 Å². The highest BCUT2D eigenvalue weighted by Gasteiger charge is 2.68. The van der Waals surface area contributed by atoms with Crippen molar-refractivity contribution in [1.82, 2.24) is 0 Å². The number of ether oxygens (including phenoxy) is 1. The van der Waals surface area contributed by atoms with Crippen molar-refractivity contribution in [3.05, 3.63) is 23.3 Å². The molecule has 0 heterocycles. The number of hydrogen-bond donors (Lipinski definition) is 1. The second-order valence-corrected chi connectivity index (χ2v) is 8.68. The van der Waals surface area contributed by atoms with E-state index < -0.39 is 5.41 Å². The number of esters is 1. The summed E-state index contributed by atoms with van der Waals surface area (Å²) in [6.07, 6.45) is 1.69. The Hall–Kier alpha value is -1.51. The van der Waals surface area contributed by atoms with E-state index in [1.54, 1.807) is 12.1 Å². The van der Waals surface area contributed by atoms with Crippen LogP contribution in [0.1, 0.15) is 58.6 Å². The third-order valence-electron chi connectivity index (χ3n) is 4.81. The molecule has 1 aliphatic carbocycles. The maximum atomic E-state index is 12.8. The second kappa shape index (κ2) is 5.00. The highest BCUT2D eigenvalue weighted by Crippen LogP contribution is 2.68. The number of phenolic OH excluding ortho intramolecular Hbond substituents is 1. The summed E-state index contributed by atoms with van der Waals surface area (Å²) in [6, 6.07) is 3.45. The normalized spacial score (nSPS) is 23.2. The van der Waals surface area contributed by atoms with Crippen LogP contribution >= 0.6 is 0 Å². The molecule has 3 heteroatoms. The summed E-state index contributed by atoms with van der Waals surface area (Å²) in [4.78, 5) is 12.8. The van der Waals surface area contributed by atoms with Gasteiger partial charge in [-0.15, -0.1) is 0 Å². The number of phenols is 1. The van der Waals surface area contributed by atoms with Crippen LogP contribution in [0.2, 0.25) is 0 Å². The number of carbonyl (C=O) groups is 1. The number of benzene rings is 1. The van der Waals surface area contributed by atoms with E-state index in [9.17, 15) is 9.90 Å². The van der Waals surface area contributed by atoms with E-state index >= 15 is 0 Å². The third-order valence-corrected chi connectivity index (χ3v) is 4.81. The molecule has 1 aliphatic rings. The van der Waals surface area contributed by atoms with Crippen LogP contribution in [0.5, 0.6) is 11.5 Å². The van der Waals surface area contributed by atoms with Gasteiger partial charge in [0.1, 0.15) is 11.5 Å². The first-order valence-corrected chi connectivity index (χ1v) is 7.90. The fourth-order valence-corrected chi connectivity index (χ4v) is 3.52. The van der Waals surface area contributed by atoms with E-state index in [0.717, 1.165) is 24.0 Å². The Morgan fingerprint density at radius 3 is 2.05 bits per heavy atom. The van der Waals surface area contributed by atoms with Crippen LogP contribution < -0.4 is 4.74 Å². The number of rotatable bonds is 3. The van der Waals surface area contributed by atoms with Crippen LogP contribution in [0.3, 0.4) is 0 Å². The molecule has 1 aromatic rings. The van der Waals surface area contributed by atoms with Crippen molar-refractivity contribution in [2.45, 2.75) is 61.3 Å². The van der Waals surface area contributed by atoms with Crippen LogP contribution in [-0.4, -0.2) is 11.1 Å². The van der Waals surface area contributed by atoms with Gasteiger partial charge in [0.25, 0.3) is 0 Å². The molecule has 1 N–H and O–H groups in total. The van der Waals surface area contributed by atoms with Crippen molar-refractivity contribution in [2.75, 3.05) is 0 Å². The van der Waals surface area contributed by atoms with Gasteiger partial charge in [-0.1, -0.05) is 34.6 Å². The topological polar surface area (TPSA) is 46.5 Å². The Morgan fingerprint density at radius 2 is 1.68 bits per heavy atom. The zero-order chi connectivity index (χ0) is 16.9. The van der Waals surface area contributed by atoms with Gasteiger partial charge in [-0.25, -0.2) is 0 Å². The summed E-state index contributed by atoms with van der Waals surface area (Å²) in [5.41, 5.74) is 1.11.